The summed E-state index contributed by atoms with van der Waals surface area (Å²) in [7, 11) is -3.73. The highest BCUT2D eigenvalue weighted by Gasteiger charge is 2.30. The molecule has 0 bridgehead atoms. The minimum atomic E-state index is -3.73. The molecule has 168 valence electrons. The van der Waals surface area contributed by atoms with Gasteiger partial charge in [0, 0.05) is 29.2 Å². The first-order valence-electron chi connectivity index (χ1n) is 10.3. The standard InChI is InChI=1S/C23H23FN2O4S2/c1-2-30-19-10-9-16(15-22(19)32(28,29)26-13-5-6-14-26)25-23(27)21-12-11-20(31-21)17-7-3-4-8-18(17)24/h3-4,7-12,15H,2,5-6,13-14H2,1H3,(H,25,27). The van der Waals surface area contributed by atoms with Gasteiger partial charge in [-0.15, -0.1) is 11.3 Å². The lowest BCUT2D eigenvalue weighted by Crippen LogP contribution is -2.28. The van der Waals surface area contributed by atoms with Gasteiger partial charge in [0.2, 0.25) is 10.0 Å². The van der Waals surface area contributed by atoms with Crippen molar-refractivity contribution in [2.45, 2.75) is 24.7 Å². The Labute approximate surface area is 190 Å². The van der Waals surface area contributed by atoms with E-state index >= 15 is 0 Å². The summed E-state index contributed by atoms with van der Waals surface area (Å²) in [6.07, 6.45) is 1.64. The molecule has 2 aromatic carbocycles. The van der Waals surface area contributed by atoms with Crippen molar-refractivity contribution in [3.05, 3.63) is 65.3 Å². The number of halogens is 1. The van der Waals surface area contributed by atoms with Crippen LogP contribution in [0.1, 0.15) is 29.4 Å². The van der Waals surface area contributed by atoms with Crippen LogP contribution in [0.25, 0.3) is 10.4 Å². The van der Waals surface area contributed by atoms with E-state index in [0.29, 0.717) is 40.7 Å². The van der Waals surface area contributed by atoms with Crippen molar-refractivity contribution >= 4 is 33.0 Å². The summed E-state index contributed by atoms with van der Waals surface area (Å²) < 4.78 is 47.3. The highest BCUT2D eigenvalue weighted by atomic mass is 32.2. The van der Waals surface area contributed by atoms with Crippen LogP contribution in [0, 0.1) is 5.82 Å². The molecule has 1 fully saturated rings. The summed E-state index contributed by atoms with van der Waals surface area (Å²) in [5.74, 6) is -0.494. The SMILES string of the molecule is CCOc1ccc(NC(=O)c2ccc(-c3ccccc3F)s2)cc1S(=O)(=O)N1CCCC1. The van der Waals surface area contributed by atoms with Gasteiger partial charge >= 0.3 is 0 Å². The Bertz CT molecular complexity index is 1230. The van der Waals surface area contributed by atoms with Crippen molar-refractivity contribution in [3.63, 3.8) is 0 Å². The molecule has 1 saturated heterocycles. The predicted molar refractivity (Wildman–Crippen MR) is 123 cm³/mol. The molecule has 1 amide bonds. The van der Waals surface area contributed by atoms with E-state index in [0.717, 1.165) is 12.8 Å². The van der Waals surface area contributed by atoms with Crippen LogP contribution in [0.3, 0.4) is 0 Å². The van der Waals surface area contributed by atoms with Crippen molar-refractivity contribution in [3.8, 4) is 16.2 Å². The van der Waals surface area contributed by atoms with Gasteiger partial charge in [0.05, 0.1) is 11.5 Å². The molecule has 0 unspecified atom stereocenters. The fourth-order valence-corrected chi connectivity index (χ4v) is 6.19. The summed E-state index contributed by atoms with van der Waals surface area (Å²) in [6.45, 7) is 3.05. The number of nitrogens with one attached hydrogen (secondary N) is 1. The van der Waals surface area contributed by atoms with E-state index in [-0.39, 0.29) is 16.5 Å². The Kier molecular flexibility index (Phi) is 6.59. The highest BCUT2D eigenvalue weighted by Crippen LogP contribution is 2.33. The van der Waals surface area contributed by atoms with Crippen molar-refractivity contribution in [1.29, 1.82) is 0 Å². The molecule has 2 heterocycles. The number of hydrogen-bond acceptors (Lipinski definition) is 5. The molecule has 1 aliphatic rings. The minimum Gasteiger partial charge on any atom is -0.492 e. The van der Waals surface area contributed by atoms with Crippen LogP contribution in [0.2, 0.25) is 0 Å². The third kappa shape index (κ3) is 4.55. The summed E-state index contributed by atoms with van der Waals surface area (Å²) in [5.41, 5.74) is 0.772. The predicted octanol–water partition coefficient (Wildman–Crippen LogP) is 4.99. The van der Waals surface area contributed by atoms with Gasteiger partial charge in [-0.1, -0.05) is 18.2 Å². The van der Waals surface area contributed by atoms with Crippen molar-refractivity contribution < 1.29 is 22.3 Å². The zero-order valence-corrected chi connectivity index (χ0v) is 19.1. The first kappa shape index (κ1) is 22.4. The number of benzene rings is 2. The second kappa shape index (κ2) is 9.40. The van der Waals surface area contributed by atoms with E-state index in [1.54, 1.807) is 49.4 Å². The second-order valence-corrected chi connectivity index (χ2v) is 10.3. The molecule has 4 rings (SSSR count). The summed E-state index contributed by atoms with van der Waals surface area (Å²) >= 11 is 1.17. The van der Waals surface area contributed by atoms with Gasteiger partial charge in [-0.3, -0.25) is 4.79 Å². The van der Waals surface area contributed by atoms with Crippen molar-refractivity contribution in [2.75, 3.05) is 25.0 Å². The fraction of sp³-hybridized carbons (Fsp3) is 0.261. The Hall–Kier alpha value is -2.75. The molecule has 0 saturated carbocycles. The molecule has 0 atom stereocenters. The van der Waals surface area contributed by atoms with Crippen molar-refractivity contribution in [2.24, 2.45) is 0 Å². The second-order valence-electron chi connectivity index (χ2n) is 7.30. The van der Waals surface area contributed by atoms with Gasteiger partial charge in [0.25, 0.3) is 5.91 Å². The van der Waals surface area contributed by atoms with Crippen molar-refractivity contribution in [1.82, 2.24) is 4.31 Å². The van der Waals surface area contributed by atoms with E-state index in [1.807, 2.05) is 0 Å². The third-order valence-electron chi connectivity index (χ3n) is 5.15. The molecule has 1 N–H and O–H groups in total. The maximum absolute atomic E-state index is 14.1. The minimum absolute atomic E-state index is 0.0391. The van der Waals surface area contributed by atoms with Gasteiger partial charge < -0.3 is 10.1 Å². The van der Waals surface area contributed by atoms with Gasteiger partial charge in [-0.2, -0.15) is 4.31 Å². The van der Waals surface area contributed by atoms with Crippen LogP contribution in [0.4, 0.5) is 10.1 Å². The molecular formula is C23H23FN2O4S2. The largest absolute Gasteiger partial charge is 0.492 e. The number of ether oxygens (including phenoxy) is 1. The molecule has 1 aromatic heterocycles. The number of thiophene rings is 1. The Morgan fingerprint density at radius 1 is 1.12 bits per heavy atom. The van der Waals surface area contributed by atoms with Crippen LogP contribution >= 0.6 is 11.3 Å². The van der Waals surface area contributed by atoms with E-state index in [1.165, 1.54) is 27.8 Å². The van der Waals surface area contributed by atoms with Gasteiger partial charge in [0.15, 0.2) is 0 Å². The number of rotatable bonds is 7. The fourth-order valence-electron chi connectivity index (χ4n) is 3.59. The van der Waals surface area contributed by atoms with E-state index < -0.39 is 15.9 Å². The molecule has 1 aliphatic heterocycles. The zero-order valence-electron chi connectivity index (χ0n) is 17.5. The quantitative estimate of drug-likeness (QED) is 0.524. The number of anilines is 1. The monoisotopic (exact) mass is 474 g/mol. The third-order valence-corrected chi connectivity index (χ3v) is 8.19. The van der Waals surface area contributed by atoms with Crippen LogP contribution < -0.4 is 10.1 Å². The molecule has 6 nitrogen and oxygen atoms in total. The Morgan fingerprint density at radius 3 is 2.59 bits per heavy atom. The summed E-state index contributed by atoms with van der Waals surface area (Å²) in [6, 6.07) is 14.3. The van der Waals surface area contributed by atoms with Gasteiger partial charge in [0.1, 0.15) is 16.5 Å². The van der Waals surface area contributed by atoms with Gasteiger partial charge in [-0.05, 0) is 56.2 Å². The lowest BCUT2D eigenvalue weighted by molar-refractivity contribution is 0.103. The maximum Gasteiger partial charge on any atom is 0.265 e. The number of carbonyl (C=O) groups is 1. The number of amides is 1. The molecular weight excluding hydrogens is 451 g/mol. The molecule has 0 aliphatic carbocycles. The Morgan fingerprint density at radius 2 is 1.88 bits per heavy atom. The van der Waals surface area contributed by atoms with E-state index in [4.69, 9.17) is 4.74 Å². The van der Waals surface area contributed by atoms with Crippen LogP contribution in [-0.4, -0.2) is 38.3 Å². The maximum atomic E-state index is 14.1. The van der Waals surface area contributed by atoms with Crippen LogP contribution in [-0.2, 0) is 10.0 Å². The molecule has 32 heavy (non-hydrogen) atoms. The number of hydrogen-bond donors (Lipinski definition) is 1. The first-order chi connectivity index (χ1) is 15.4. The molecule has 3 aromatic rings. The molecule has 0 spiro atoms. The number of sulfonamides is 1. The lowest BCUT2D eigenvalue weighted by Gasteiger charge is -2.19. The highest BCUT2D eigenvalue weighted by molar-refractivity contribution is 7.89. The smallest absolute Gasteiger partial charge is 0.265 e. The molecule has 9 heteroatoms. The molecule has 0 radical (unpaired) electrons. The number of carbonyl (C=O) groups excluding carboxylic acids is 1. The average Bonchev–Trinajstić information content (AvgIpc) is 3.48. The van der Waals surface area contributed by atoms with Crippen LogP contribution in [0.15, 0.2) is 59.5 Å². The first-order valence-corrected chi connectivity index (χ1v) is 12.6. The van der Waals surface area contributed by atoms with Crippen LogP contribution in [0.5, 0.6) is 5.75 Å². The van der Waals surface area contributed by atoms with E-state index in [2.05, 4.69) is 5.32 Å². The normalized spacial score (nSPS) is 14.4. The average molecular weight is 475 g/mol. The van der Waals surface area contributed by atoms with E-state index in [9.17, 15) is 17.6 Å². The number of nitrogens with zero attached hydrogens (tertiary/aromatic N) is 1. The summed E-state index contributed by atoms with van der Waals surface area (Å²) in [5, 5.41) is 2.75. The Balaban J connectivity index is 1.59. The lowest BCUT2D eigenvalue weighted by atomic mass is 10.2. The summed E-state index contributed by atoms with van der Waals surface area (Å²) in [4.78, 5) is 13.9. The zero-order chi connectivity index (χ0) is 22.7. The topological polar surface area (TPSA) is 75.7 Å². The van der Waals surface area contributed by atoms with Gasteiger partial charge in [-0.25, -0.2) is 12.8 Å².